The number of ether oxygens (including phenoxy) is 1. The largest absolute Gasteiger partial charge is 0.444 e. The van der Waals surface area contributed by atoms with Crippen molar-refractivity contribution in [1.29, 1.82) is 0 Å². The van der Waals surface area contributed by atoms with Crippen molar-refractivity contribution in [2.75, 3.05) is 46.3 Å². The lowest BCUT2D eigenvalue weighted by atomic mass is 9.80. The number of nitrogens with zero attached hydrogens (tertiary/aromatic N) is 3. The van der Waals surface area contributed by atoms with E-state index in [2.05, 4.69) is 23.8 Å². The molecule has 0 aromatic heterocycles. The summed E-state index contributed by atoms with van der Waals surface area (Å²) in [6.07, 6.45) is 9.03. The van der Waals surface area contributed by atoms with Gasteiger partial charge in [0.25, 0.3) is 0 Å². The molecule has 0 aromatic rings. The minimum absolute atomic E-state index is 0.155. The Balaban J connectivity index is 1.92. The lowest BCUT2D eigenvalue weighted by molar-refractivity contribution is -0.0252. The molecule has 0 aliphatic carbocycles. The van der Waals surface area contributed by atoms with Crippen LogP contribution in [-0.4, -0.2) is 78.2 Å². The Morgan fingerprint density at radius 2 is 1.58 bits per heavy atom. The second-order valence-corrected chi connectivity index (χ2v) is 9.29. The highest BCUT2D eigenvalue weighted by atomic mass is 16.6. The molecule has 152 valence electrons. The standard InChI is InChI=1S/C21H41N3O2/c1-6-7-8-9-10-21(11-13-22(5)14-12-21)24-17-15-23(16-18-24)19(25)26-20(2,3)4/h6-18H2,1-5H3. The minimum Gasteiger partial charge on any atom is -0.444 e. The minimum atomic E-state index is -0.414. The number of carbonyl (C=O) groups excluding carboxylic acids is 1. The molecule has 0 radical (unpaired) electrons. The quantitative estimate of drug-likeness (QED) is 0.666. The molecule has 2 aliphatic heterocycles. The van der Waals surface area contributed by atoms with Crippen LogP contribution in [0.5, 0.6) is 0 Å². The Morgan fingerprint density at radius 1 is 0.962 bits per heavy atom. The van der Waals surface area contributed by atoms with Gasteiger partial charge in [0, 0.05) is 31.7 Å². The summed E-state index contributed by atoms with van der Waals surface area (Å²) in [5.74, 6) is 0. The summed E-state index contributed by atoms with van der Waals surface area (Å²) in [4.78, 5) is 19.4. The first-order chi connectivity index (χ1) is 12.3. The molecule has 5 heteroatoms. The predicted octanol–water partition coefficient (Wildman–Crippen LogP) is 3.97. The van der Waals surface area contributed by atoms with Gasteiger partial charge >= 0.3 is 6.09 Å². The summed E-state index contributed by atoms with van der Waals surface area (Å²) in [7, 11) is 2.24. The SMILES string of the molecule is CCCCCCC1(N2CCN(C(=O)OC(C)(C)C)CC2)CCN(C)CC1. The molecule has 0 unspecified atom stereocenters. The summed E-state index contributed by atoms with van der Waals surface area (Å²) in [5, 5.41) is 0. The smallest absolute Gasteiger partial charge is 0.410 e. The zero-order chi connectivity index (χ0) is 19.2. The molecule has 0 N–H and O–H groups in total. The normalized spacial score (nSPS) is 22.4. The Labute approximate surface area is 161 Å². The van der Waals surface area contributed by atoms with Gasteiger partial charge in [0.2, 0.25) is 0 Å². The van der Waals surface area contributed by atoms with Crippen LogP contribution in [0.15, 0.2) is 0 Å². The number of piperazine rings is 1. The lowest BCUT2D eigenvalue weighted by Gasteiger charge is -2.51. The molecule has 0 saturated carbocycles. The summed E-state index contributed by atoms with van der Waals surface area (Å²) in [6.45, 7) is 14.0. The number of likely N-dealkylation sites (tertiary alicyclic amines) is 1. The Hall–Kier alpha value is -0.810. The molecule has 0 atom stereocenters. The van der Waals surface area contributed by atoms with Gasteiger partial charge in [-0.1, -0.05) is 32.6 Å². The molecule has 5 nitrogen and oxygen atoms in total. The molecule has 2 aliphatic rings. The van der Waals surface area contributed by atoms with E-state index in [0.29, 0.717) is 5.54 Å². The second kappa shape index (κ2) is 9.41. The van der Waals surface area contributed by atoms with Crippen LogP contribution in [0.3, 0.4) is 0 Å². The van der Waals surface area contributed by atoms with Crippen LogP contribution >= 0.6 is 0 Å². The van der Waals surface area contributed by atoms with E-state index in [1.54, 1.807) is 0 Å². The number of unbranched alkanes of at least 4 members (excludes halogenated alkanes) is 3. The van der Waals surface area contributed by atoms with Gasteiger partial charge in [-0.05, 0) is 60.2 Å². The Bertz CT molecular complexity index is 431. The van der Waals surface area contributed by atoms with E-state index in [0.717, 1.165) is 26.2 Å². The molecular formula is C21H41N3O2. The topological polar surface area (TPSA) is 36.0 Å². The van der Waals surface area contributed by atoms with E-state index in [4.69, 9.17) is 4.74 Å². The molecule has 0 bridgehead atoms. The maximum absolute atomic E-state index is 12.3. The van der Waals surface area contributed by atoms with Gasteiger partial charge < -0.3 is 14.5 Å². The van der Waals surface area contributed by atoms with Crippen LogP contribution in [0.25, 0.3) is 0 Å². The maximum Gasteiger partial charge on any atom is 0.410 e. The third-order valence-corrected chi connectivity index (χ3v) is 6.02. The zero-order valence-corrected chi connectivity index (χ0v) is 17.9. The van der Waals surface area contributed by atoms with Crippen LogP contribution in [-0.2, 0) is 4.74 Å². The fraction of sp³-hybridized carbons (Fsp3) is 0.952. The van der Waals surface area contributed by atoms with Crippen LogP contribution in [0, 0.1) is 0 Å². The Morgan fingerprint density at radius 3 is 2.12 bits per heavy atom. The molecule has 1 amide bonds. The van der Waals surface area contributed by atoms with Crippen molar-refractivity contribution >= 4 is 6.09 Å². The number of carbonyl (C=O) groups is 1. The van der Waals surface area contributed by atoms with Crippen LogP contribution in [0.2, 0.25) is 0 Å². The first kappa shape index (κ1) is 21.5. The average Bonchev–Trinajstić information content (AvgIpc) is 2.59. The average molecular weight is 368 g/mol. The zero-order valence-electron chi connectivity index (χ0n) is 17.9. The summed E-state index contributed by atoms with van der Waals surface area (Å²) in [6, 6.07) is 0. The molecule has 0 spiro atoms. The van der Waals surface area contributed by atoms with Gasteiger partial charge in [-0.3, -0.25) is 4.90 Å². The third-order valence-electron chi connectivity index (χ3n) is 6.02. The monoisotopic (exact) mass is 367 g/mol. The van der Waals surface area contributed by atoms with E-state index in [1.807, 2.05) is 25.7 Å². The molecule has 2 rings (SSSR count). The van der Waals surface area contributed by atoms with E-state index in [9.17, 15) is 4.79 Å². The lowest BCUT2D eigenvalue weighted by Crippen LogP contribution is -2.61. The van der Waals surface area contributed by atoms with Crippen molar-refractivity contribution in [2.24, 2.45) is 0 Å². The number of amides is 1. The van der Waals surface area contributed by atoms with Crippen molar-refractivity contribution in [3.63, 3.8) is 0 Å². The highest BCUT2D eigenvalue weighted by Crippen LogP contribution is 2.34. The summed E-state index contributed by atoms with van der Waals surface area (Å²) >= 11 is 0. The fourth-order valence-corrected chi connectivity index (χ4v) is 4.33. The fourth-order valence-electron chi connectivity index (χ4n) is 4.33. The van der Waals surface area contributed by atoms with Gasteiger partial charge in [0.05, 0.1) is 0 Å². The first-order valence-electron chi connectivity index (χ1n) is 10.7. The van der Waals surface area contributed by atoms with Crippen LogP contribution < -0.4 is 0 Å². The molecule has 0 aromatic carbocycles. The number of rotatable bonds is 6. The van der Waals surface area contributed by atoms with Crippen molar-refractivity contribution in [1.82, 2.24) is 14.7 Å². The van der Waals surface area contributed by atoms with E-state index in [-0.39, 0.29) is 6.09 Å². The van der Waals surface area contributed by atoms with Gasteiger partial charge in [-0.2, -0.15) is 0 Å². The third kappa shape index (κ3) is 6.12. The first-order valence-corrected chi connectivity index (χ1v) is 10.7. The van der Waals surface area contributed by atoms with Gasteiger partial charge in [0.15, 0.2) is 0 Å². The highest BCUT2D eigenvalue weighted by molar-refractivity contribution is 5.68. The van der Waals surface area contributed by atoms with Gasteiger partial charge in [0.1, 0.15) is 5.60 Å². The second-order valence-electron chi connectivity index (χ2n) is 9.29. The van der Waals surface area contributed by atoms with Gasteiger partial charge in [-0.25, -0.2) is 4.79 Å². The van der Waals surface area contributed by atoms with E-state index >= 15 is 0 Å². The van der Waals surface area contributed by atoms with Crippen LogP contribution in [0.4, 0.5) is 4.79 Å². The van der Waals surface area contributed by atoms with E-state index < -0.39 is 5.60 Å². The van der Waals surface area contributed by atoms with E-state index in [1.165, 1.54) is 58.0 Å². The molecule has 2 saturated heterocycles. The molecule has 26 heavy (non-hydrogen) atoms. The van der Waals surface area contributed by atoms with Crippen LogP contribution in [0.1, 0.15) is 72.6 Å². The number of hydrogen-bond acceptors (Lipinski definition) is 4. The predicted molar refractivity (Wildman–Crippen MR) is 108 cm³/mol. The summed E-state index contributed by atoms with van der Waals surface area (Å²) < 4.78 is 5.55. The van der Waals surface area contributed by atoms with Gasteiger partial charge in [-0.15, -0.1) is 0 Å². The molecular weight excluding hydrogens is 326 g/mol. The molecule has 2 fully saturated rings. The van der Waals surface area contributed by atoms with Crippen molar-refractivity contribution in [3.05, 3.63) is 0 Å². The maximum atomic E-state index is 12.3. The number of piperidine rings is 1. The number of hydrogen-bond donors (Lipinski definition) is 0. The van der Waals surface area contributed by atoms with Crippen molar-refractivity contribution < 1.29 is 9.53 Å². The van der Waals surface area contributed by atoms with Crippen molar-refractivity contribution in [3.8, 4) is 0 Å². The summed E-state index contributed by atoms with van der Waals surface area (Å²) in [5.41, 5.74) is -0.0665. The molecule has 2 heterocycles. The Kier molecular flexibility index (Phi) is 7.77. The van der Waals surface area contributed by atoms with Crippen molar-refractivity contribution in [2.45, 2.75) is 83.8 Å². The highest BCUT2D eigenvalue weighted by Gasteiger charge is 2.40.